The maximum absolute atomic E-state index is 12.1. The first-order valence-corrected chi connectivity index (χ1v) is 6.02. The van der Waals surface area contributed by atoms with Crippen molar-refractivity contribution < 1.29 is 4.79 Å². The van der Waals surface area contributed by atoms with Gasteiger partial charge in [-0.25, -0.2) is 0 Å². The number of hydrogen-bond donors (Lipinski definition) is 0. The van der Waals surface area contributed by atoms with Crippen molar-refractivity contribution in [1.82, 2.24) is 4.90 Å². The third kappa shape index (κ3) is 3.93. The zero-order valence-electron chi connectivity index (χ0n) is 10.8. The van der Waals surface area contributed by atoms with Crippen molar-refractivity contribution >= 4 is 23.2 Å². The smallest absolute Gasteiger partial charge is 0.253 e. The molecular formula is C13H19ClN2O. The Morgan fingerprint density at radius 2 is 2.00 bits per heavy atom. The summed E-state index contributed by atoms with van der Waals surface area (Å²) in [5.41, 5.74) is 1.71. The molecule has 0 aliphatic heterocycles. The largest absolute Gasteiger partial charge is 0.378 e. The molecule has 0 fully saturated rings. The molecule has 0 radical (unpaired) electrons. The minimum Gasteiger partial charge on any atom is -0.378 e. The van der Waals surface area contributed by atoms with Crippen LogP contribution in [0.1, 0.15) is 17.3 Å². The topological polar surface area (TPSA) is 23.6 Å². The molecule has 1 aromatic carbocycles. The Bertz CT molecular complexity index is 391. The highest BCUT2D eigenvalue weighted by atomic mass is 35.5. The monoisotopic (exact) mass is 254 g/mol. The summed E-state index contributed by atoms with van der Waals surface area (Å²) in [6.45, 7) is 2.42. The van der Waals surface area contributed by atoms with E-state index in [1.807, 2.05) is 50.2 Å². The van der Waals surface area contributed by atoms with E-state index in [9.17, 15) is 4.79 Å². The number of amides is 1. The van der Waals surface area contributed by atoms with Crippen LogP contribution in [0.3, 0.4) is 0 Å². The molecule has 1 atom stereocenters. The molecule has 1 unspecified atom stereocenters. The van der Waals surface area contributed by atoms with Crippen LogP contribution in [0.4, 0.5) is 5.69 Å². The first kappa shape index (κ1) is 13.8. The van der Waals surface area contributed by atoms with Crippen molar-refractivity contribution in [1.29, 1.82) is 0 Å². The quantitative estimate of drug-likeness (QED) is 0.771. The molecule has 94 valence electrons. The minimum atomic E-state index is -0.0408. The molecule has 3 nitrogen and oxygen atoms in total. The minimum absolute atomic E-state index is 0.00111. The lowest BCUT2D eigenvalue weighted by atomic mass is 10.1. The summed E-state index contributed by atoms with van der Waals surface area (Å²) in [7, 11) is 5.67. The fraction of sp³-hybridized carbons (Fsp3) is 0.462. The average Bonchev–Trinajstić information content (AvgIpc) is 2.27. The summed E-state index contributed by atoms with van der Waals surface area (Å²) in [6, 6.07) is 7.57. The van der Waals surface area contributed by atoms with Gasteiger partial charge in [0.05, 0.1) is 0 Å². The van der Waals surface area contributed by atoms with Crippen LogP contribution in [-0.4, -0.2) is 43.9 Å². The van der Waals surface area contributed by atoms with Crippen molar-refractivity contribution in [2.75, 3.05) is 32.6 Å². The van der Waals surface area contributed by atoms with E-state index in [1.165, 1.54) is 0 Å². The van der Waals surface area contributed by atoms with E-state index >= 15 is 0 Å². The van der Waals surface area contributed by atoms with E-state index in [4.69, 9.17) is 11.6 Å². The second-order valence-electron chi connectivity index (χ2n) is 4.41. The van der Waals surface area contributed by atoms with Crippen molar-refractivity contribution in [3.63, 3.8) is 0 Å². The predicted octanol–water partition coefficient (Wildman–Crippen LogP) is 2.45. The van der Waals surface area contributed by atoms with E-state index in [2.05, 4.69) is 0 Å². The van der Waals surface area contributed by atoms with Crippen LogP contribution < -0.4 is 4.90 Å². The highest BCUT2D eigenvalue weighted by molar-refractivity contribution is 6.20. The molecule has 0 saturated carbocycles. The van der Waals surface area contributed by atoms with Crippen molar-refractivity contribution in [2.45, 2.75) is 12.3 Å². The molecule has 0 aromatic heterocycles. The summed E-state index contributed by atoms with van der Waals surface area (Å²) in [5, 5.41) is -0.0408. The summed E-state index contributed by atoms with van der Waals surface area (Å²) in [4.78, 5) is 15.7. The second-order valence-corrected chi connectivity index (χ2v) is 5.16. The van der Waals surface area contributed by atoms with Gasteiger partial charge in [0.25, 0.3) is 5.91 Å². The van der Waals surface area contributed by atoms with E-state index in [1.54, 1.807) is 11.9 Å². The number of halogens is 1. The van der Waals surface area contributed by atoms with Crippen molar-refractivity contribution in [2.24, 2.45) is 0 Å². The van der Waals surface area contributed by atoms with E-state index < -0.39 is 0 Å². The lowest BCUT2D eigenvalue weighted by Crippen LogP contribution is -2.31. The lowest BCUT2D eigenvalue weighted by Gasteiger charge is -2.19. The van der Waals surface area contributed by atoms with E-state index in [0.717, 1.165) is 5.69 Å². The molecule has 4 heteroatoms. The molecule has 17 heavy (non-hydrogen) atoms. The summed E-state index contributed by atoms with van der Waals surface area (Å²) < 4.78 is 0. The fourth-order valence-electron chi connectivity index (χ4n) is 1.60. The first-order valence-electron chi connectivity index (χ1n) is 5.58. The number of hydrogen-bond acceptors (Lipinski definition) is 2. The predicted molar refractivity (Wildman–Crippen MR) is 73.0 cm³/mol. The maximum Gasteiger partial charge on any atom is 0.253 e. The van der Waals surface area contributed by atoms with Gasteiger partial charge in [-0.2, -0.15) is 0 Å². The van der Waals surface area contributed by atoms with Gasteiger partial charge >= 0.3 is 0 Å². The number of carbonyl (C=O) groups is 1. The van der Waals surface area contributed by atoms with Gasteiger partial charge in [0, 0.05) is 44.3 Å². The molecule has 0 aliphatic carbocycles. The van der Waals surface area contributed by atoms with Gasteiger partial charge in [0.15, 0.2) is 0 Å². The number of anilines is 1. The van der Waals surface area contributed by atoms with Crippen LogP contribution in [-0.2, 0) is 0 Å². The first-order chi connectivity index (χ1) is 7.91. The third-order valence-electron chi connectivity index (χ3n) is 2.48. The third-order valence-corrected chi connectivity index (χ3v) is 2.62. The number of benzene rings is 1. The van der Waals surface area contributed by atoms with E-state index in [0.29, 0.717) is 12.1 Å². The van der Waals surface area contributed by atoms with E-state index in [-0.39, 0.29) is 11.3 Å². The molecule has 0 aliphatic rings. The second kappa shape index (κ2) is 5.92. The Morgan fingerprint density at radius 1 is 1.35 bits per heavy atom. The maximum atomic E-state index is 12.1. The lowest BCUT2D eigenvalue weighted by molar-refractivity contribution is 0.0796. The van der Waals surface area contributed by atoms with Gasteiger partial charge in [-0.15, -0.1) is 11.6 Å². The summed E-state index contributed by atoms with van der Waals surface area (Å²) >= 11 is 5.88. The molecule has 1 rings (SSSR count). The molecule has 0 N–H and O–H groups in total. The van der Waals surface area contributed by atoms with Crippen LogP contribution in [0.15, 0.2) is 24.3 Å². The normalized spacial score (nSPS) is 12.1. The Kier molecular flexibility index (Phi) is 4.82. The molecule has 0 spiro atoms. The Labute approximate surface area is 108 Å². The Hall–Kier alpha value is -1.22. The standard InChI is InChI=1S/C13H19ClN2O/c1-10(14)9-16(4)13(17)11-6-5-7-12(8-11)15(2)3/h5-8,10H,9H2,1-4H3. The highest BCUT2D eigenvalue weighted by Gasteiger charge is 2.13. The summed E-state index contributed by atoms with van der Waals surface area (Å²) in [6.07, 6.45) is 0. The fourth-order valence-corrected chi connectivity index (χ4v) is 1.80. The number of nitrogens with zero attached hydrogens (tertiary/aromatic N) is 2. The number of carbonyl (C=O) groups excluding carboxylic acids is 1. The summed E-state index contributed by atoms with van der Waals surface area (Å²) in [5.74, 6) is 0.00111. The SMILES string of the molecule is CC(Cl)CN(C)C(=O)c1cccc(N(C)C)c1. The van der Waals surface area contributed by atoms with Crippen molar-refractivity contribution in [3.8, 4) is 0 Å². The molecule has 0 bridgehead atoms. The molecule has 1 aromatic rings. The number of rotatable bonds is 4. The van der Waals surface area contributed by atoms with Crippen LogP contribution in [0.2, 0.25) is 0 Å². The number of alkyl halides is 1. The zero-order chi connectivity index (χ0) is 13.0. The average molecular weight is 255 g/mol. The van der Waals surface area contributed by atoms with Gasteiger partial charge in [-0.05, 0) is 25.1 Å². The Morgan fingerprint density at radius 3 is 2.53 bits per heavy atom. The van der Waals surface area contributed by atoms with Gasteiger partial charge in [0.1, 0.15) is 0 Å². The van der Waals surface area contributed by atoms with Gasteiger partial charge in [-0.1, -0.05) is 6.07 Å². The zero-order valence-corrected chi connectivity index (χ0v) is 11.5. The van der Waals surface area contributed by atoms with Crippen LogP contribution >= 0.6 is 11.6 Å². The molecule has 0 saturated heterocycles. The molecular weight excluding hydrogens is 236 g/mol. The molecule has 0 heterocycles. The van der Waals surface area contributed by atoms with Crippen LogP contribution in [0.5, 0.6) is 0 Å². The highest BCUT2D eigenvalue weighted by Crippen LogP contribution is 2.15. The van der Waals surface area contributed by atoms with Gasteiger partial charge in [0.2, 0.25) is 0 Å². The van der Waals surface area contributed by atoms with Gasteiger partial charge < -0.3 is 9.80 Å². The van der Waals surface area contributed by atoms with Crippen molar-refractivity contribution in [3.05, 3.63) is 29.8 Å². The van der Waals surface area contributed by atoms with Crippen LogP contribution in [0, 0.1) is 0 Å². The molecule has 1 amide bonds. The van der Waals surface area contributed by atoms with Crippen LogP contribution in [0.25, 0.3) is 0 Å². The Balaban J connectivity index is 2.85. The van der Waals surface area contributed by atoms with Gasteiger partial charge in [-0.3, -0.25) is 4.79 Å².